The Hall–Kier alpha value is -3.32. The zero-order valence-corrected chi connectivity index (χ0v) is 19.9. The molecule has 0 radical (unpaired) electrons. The number of carbonyl (C=O) groups is 1. The van der Waals surface area contributed by atoms with Gasteiger partial charge in [0.1, 0.15) is 0 Å². The predicted octanol–water partition coefficient (Wildman–Crippen LogP) is 3.77. The highest BCUT2D eigenvalue weighted by Gasteiger charge is 2.21. The molecule has 0 unspecified atom stereocenters. The van der Waals surface area contributed by atoms with Crippen LogP contribution in [-0.4, -0.2) is 60.4 Å². The summed E-state index contributed by atoms with van der Waals surface area (Å²) in [6.45, 7) is 4.06. The van der Waals surface area contributed by atoms with Crippen LogP contribution in [-0.2, 0) is 9.47 Å². The number of anilines is 2. The van der Waals surface area contributed by atoms with Crippen molar-refractivity contribution in [2.45, 2.75) is 26.1 Å². The van der Waals surface area contributed by atoms with Crippen molar-refractivity contribution >= 4 is 46.3 Å². The normalized spacial score (nSPS) is 13.1. The molecule has 178 valence electrons. The Morgan fingerprint density at radius 2 is 1.88 bits per heavy atom. The van der Waals surface area contributed by atoms with Gasteiger partial charge in [-0.2, -0.15) is 15.3 Å². The van der Waals surface area contributed by atoms with Gasteiger partial charge in [-0.1, -0.05) is 23.2 Å². The quantitative estimate of drug-likeness (QED) is 0.369. The lowest BCUT2D eigenvalue weighted by molar-refractivity contribution is -0.0160. The molecule has 0 aliphatic rings. The Balaban J connectivity index is 1.55. The number of aromatic nitrogens is 7. The van der Waals surface area contributed by atoms with Crippen molar-refractivity contribution in [2.75, 3.05) is 24.4 Å². The predicted molar refractivity (Wildman–Crippen MR) is 126 cm³/mol. The van der Waals surface area contributed by atoms with E-state index in [4.69, 9.17) is 32.7 Å². The molecule has 0 saturated heterocycles. The lowest BCUT2D eigenvalue weighted by Gasteiger charge is -2.20. The summed E-state index contributed by atoms with van der Waals surface area (Å²) in [5, 5.41) is 18.3. The molecule has 0 aliphatic carbocycles. The maximum atomic E-state index is 12.8. The summed E-state index contributed by atoms with van der Waals surface area (Å²) in [6.07, 6.45) is 5.39. The molecule has 4 heterocycles. The molecule has 34 heavy (non-hydrogen) atoms. The van der Waals surface area contributed by atoms with Gasteiger partial charge in [-0.15, -0.1) is 4.80 Å². The summed E-state index contributed by atoms with van der Waals surface area (Å²) in [4.78, 5) is 22.6. The third-order valence-electron chi connectivity index (χ3n) is 4.80. The van der Waals surface area contributed by atoms with Crippen LogP contribution in [0.2, 0.25) is 10.2 Å². The third-order valence-corrected chi connectivity index (χ3v) is 5.26. The van der Waals surface area contributed by atoms with Crippen LogP contribution in [0.5, 0.6) is 0 Å². The van der Waals surface area contributed by atoms with Crippen LogP contribution in [0.25, 0.3) is 11.5 Å². The van der Waals surface area contributed by atoms with E-state index in [1.54, 1.807) is 19.2 Å². The second-order valence-electron chi connectivity index (χ2n) is 7.24. The average Bonchev–Trinajstić information content (AvgIpc) is 3.46. The zero-order chi connectivity index (χ0) is 24.2. The van der Waals surface area contributed by atoms with Crippen molar-refractivity contribution < 1.29 is 14.3 Å². The van der Waals surface area contributed by atoms with Crippen LogP contribution in [0.15, 0.2) is 36.9 Å². The van der Waals surface area contributed by atoms with E-state index in [0.29, 0.717) is 35.1 Å². The van der Waals surface area contributed by atoms with E-state index in [0.717, 1.165) is 0 Å². The summed E-state index contributed by atoms with van der Waals surface area (Å²) in [6, 6.07) is 2.62. The molecular formula is C20H21Cl2N9O3. The zero-order valence-electron chi connectivity index (χ0n) is 18.4. The number of ether oxygens (including phenoxy) is 2. The fourth-order valence-corrected chi connectivity index (χ4v) is 3.51. The number of amides is 2. The molecule has 0 aliphatic heterocycles. The maximum absolute atomic E-state index is 12.8. The van der Waals surface area contributed by atoms with Gasteiger partial charge in [0.2, 0.25) is 0 Å². The molecule has 4 rings (SSSR count). The first kappa shape index (κ1) is 23.8. The Labute approximate surface area is 204 Å². The van der Waals surface area contributed by atoms with Crippen LogP contribution >= 0.6 is 23.2 Å². The van der Waals surface area contributed by atoms with Gasteiger partial charge in [-0.05, 0) is 19.9 Å². The number of rotatable bonds is 8. The number of hydrogen-bond donors (Lipinski definition) is 2. The van der Waals surface area contributed by atoms with E-state index < -0.39 is 12.1 Å². The minimum atomic E-state index is -0.541. The van der Waals surface area contributed by atoms with Gasteiger partial charge in [0.05, 0.1) is 65.7 Å². The second kappa shape index (κ2) is 10.3. The fraction of sp³-hybridized carbons (Fsp3) is 0.300. The summed E-state index contributed by atoms with van der Waals surface area (Å²) in [5.74, 6) is 0.335. The van der Waals surface area contributed by atoms with Gasteiger partial charge in [0.15, 0.2) is 16.6 Å². The van der Waals surface area contributed by atoms with Crippen molar-refractivity contribution in [3.8, 4) is 5.82 Å². The van der Waals surface area contributed by atoms with E-state index in [-0.39, 0.29) is 16.3 Å². The average molecular weight is 506 g/mol. The van der Waals surface area contributed by atoms with E-state index in [1.165, 1.54) is 34.1 Å². The van der Waals surface area contributed by atoms with Crippen molar-refractivity contribution in [3.05, 3.63) is 52.8 Å². The first-order valence-electron chi connectivity index (χ1n) is 10.1. The SMILES string of the molecule is CO[C@H](C)CO[C@@H](C)c1c(NC(=O)Nc2cnc(-n3nccn3)c(Cl)c2)cnc2cc(Cl)nn12. The highest BCUT2D eigenvalue weighted by molar-refractivity contribution is 6.32. The van der Waals surface area contributed by atoms with Crippen molar-refractivity contribution in [2.24, 2.45) is 0 Å². The number of nitrogens with one attached hydrogen (secondary N) is 2. The highest BCUT2D eigenvalue weighted by Crippen LogP contribution is 2.27. The van der Waals surface area contributed by atoms with Crippen LogP contribution < -0.4 is 10.6 Å². The van der Waals surface area contributed by atoms with Crippen LogP contribution in [0.4, 0.5) is 16.2 Å². The van der Waals surface area contributed by atoms with Crippen LogP contribution in [0.1, 0.15) is 25.6 Å². The summed E-state index contributed by atoms with van der Waals surface area (Å²) >= 11 is 12.4. The lowest BCUT2D eigenvalue weighted by atomic mass is 10.2. The number of urea groups is 1. The molecule has 0 fully saturated rings. The molecule has 4 aromatic heterocycles. The minimum Gasteiger partial charge on any atom is -0.379 e. The molecule has 0 bridgehead atoms. The molecule has 0 aromatic carbocycles. The van der Waals surface area contributed by atoms with Gasteiger partial charge in [-0.25, -0.2) is 19.3 Å². The van der Waals surface area contributed by atoms with E-state index in [1.807, 2.05) is 13.8 Å². The summed E-state index contributed by atoms with van der Waals surface area (Å²) in [5.41, 5.74) is 1.83. The molecule has 0 saturated carbocycles. The number of halogens is 2. The number of pyridine rings is 1. The van der Waals surface area contributed by atoms with Crippen molar-refractivity contribution in [1.29, 1.82) is 0 Å². The highest BCUT2D eigenvalue weighted by atomic mass is 35.5. The summed E-state index contributed by atoms with van der Waals surface area (Å²) < 4.78 is 12.7. The Kier molecular flexibility index (Phi) is 7.22. The van der Waals surface area contributed by atoms with E-state index in [2.05, 4.69) is 35.9 Å². The molecule has 4 aromatic rings. The van der Waals surface area contributed by atoms with Crippen molar-refractivity contribution in [3.63, 3.8) is 0 Å². The number of hydrogen-bond acceptors (Lipinski definition) is 8. The number of fused-ring (bicyclic) bond motifs is 1. The fourth-order valence-electron chi connectivity index (χ4n) is 3.09. The first-order chi connectivity index (χ1) is 16.4. The molecule has 14 heteroatoms. The monoisotopic (exact) mass is 505 g/mol. The first-order valence-corrected chi connectivity index (χ1v) is 10.9. The van der Waals surface area contributed by atoms with Gasteiger partial charge < -0.3 is 20.1 Å². The molecule has 2 amide bonds. The lowest BCUT2D eigenvalue weighted by Crippen LogP contribution is -2.23. The number of methoxy groups -OCH3 is 1. The number of carbonyl (C=O) groups excluding carboxylic acids is 1. The Morgan fingerprint density at radius 3 is 2.59 bits per heavy atom. The molecule has 12 nitrogen and oxygen atoms in total. The van der Waals surface area contributed by atoms with E-state index in [9.17, 15) is 4.79 Å². The summed E-state index contributed by atoms with van der Waals surface area (Å²) in [7, 11) is 1.60. The Bertz CT molecular complexity index is 1300. The minimum absolute atomic E-state index is 0.113. The van der Waals surface area contributed by atoms with Gasteiger partial charge in [0, 0.05) is 13.2 Å². The van der Waals surface area contributed by atoms with Gasteiger partial charge in [-0.3, -0.25) is 0 Å². The standard InChI is InChI=1S/C20H21Cl2N9O3/c1-11(33-3)10-34-12(2)18-15(9-23-17-7-16(22)29-30(17)18)28-20(32)27-13-6-14(21)19(24-8-13)31-25-4-5-26-31/h4-9,11-12H,10H2,1-3H3,(H2,27,28,32)/t11-,12+/m1/s1. The Morgan fingerprint density at radius 1 is 1.12 bits per heavy atom. The van der Waals surface area contributed by atoms with Gasteiger partial charge >= 0.3 is 6.03 Å². The van der Waals surface area contributed by atoms with Gasteiger partial charge in [0.25, 0.3) is 0 Å². The second-order valence-corrected chi connectivity index (χ2v) is 8.04. The maximum Gasteiger partial charge on any atom is 0.323 e. The largest absolute Gasteiger partial charge is 0.379 e. The molecule has 2 atom stereocenters. The molecule has 2 N–H and O–H groups in total. The van der Waals surface area contributed by atoms with Crippen LogP contribution in [0.3, 0.4) is 0 Å². The van der Waals surface area contributed by atoms with E-state index >= 15 is 0 Å². The topological polar surface area (TPSA) is 133 Å². The third kappa shape index (κ3) is 5.25. The van der Waals surface area contributed by atoms with Crippen LogP contribution in [0, 0.1) is 0 Å². The van der Waals surface area contributed by atoms with Crippen molar-refractivity contribution in [1.82, 2.24) is 34.6 Å². The number of nitrogens with zero attached hydrogens (tertiary/aromatic N) is 7. The molecular weight excluding hydrogens is 485 g/mol. The molecule has 0 spiro atoms. The smallest absolute Gasteiger partial charge is 0.323 e.